The summed E-state index contributed by atoms with van der Waals surface area (Å²) in [6.45, 7) is 9.81. The molecule has 1 N–H and O–H groups in total. The zero-order valence-electron chi connectivity index (χ0n) is 12.0. The Bertz CT molecular complexity index is 442. The Morgan fingerprint density at radius 1 is 1.53 bits per heavy atom. The van der Waals surface area contributed by atoms with Crippen LogP contribution in [0.5, 0.6) is 0 Å². The fourth-order valence-corrected chi connectivity index (χ4v) is 1.94. The molecule has 0 bridgehead atoms. The van der Waals surface area contributed by atoms with Gasteiger partial charge in [-0.2, -0.15) is 0 Å². The minimum atomic E-state index is -0.724. The molecule has 3 nitrogen and oxygen atoms in total. The first-order valence-corrected chi connectivity index (χ1v) is 6.65. The standard InChI is InChI=1S/C16H23NO2/c1-5-7-11-16(4,15(18)19-6-2)17-14-10-8-9-13(3)12-14/h5,8-10,12,17H,1,6-7,11H2,2-4H3. The van der Waals surface area contributed by atoms with E-state index in [-0.39, 0.29) is 5.97 Å². The number of nitrogens with one attached hydrogen (secondary N) is 1. The summed E-state index contributed by atoms with van der Waals surface area (Å²) in [7, 11) is 0. The van der Waals surface area contributed by atoms with Gasteiger partial charge in [0.1, 0.15) is 5.54 Å². The molecule has 0 aliphatic rings. The lowest BCUT2D eigenvalue weighted by molar-refractivity contribution is -0.148. The lowest BCUT2D eigenvalue weighted by Crippen LogP contribution is -2.44. The number of rotatable bonds is 7. The first-order valence-electron chi connectivity index (χ1n) is 6.65. The van der Waals surface area contributed by atoms with Crippen LogP contribution >= 0.6 is 0 Å². The maximum atomic E-state index is 12.1. The van der Waals surface area contributed by atoms with Crippen LogP contribution in [0.4, 0.5) is 5.69 Å². The van der Waals surface area contributed by atoms with Crippen molar-refractivity contribution in [2.45, 2.75) is 39.2 Å². The molecule has 0 amide bonds. The Morgan fingerprint density at radius 3 is 2.84 bits per heavy atom. The second-order valence-corrected chi connectivity index (χ2v) is 4.87. The van der Waals surface area contributed by atoms with Crippen LogP contribution in [0.15, 0.2) is 36.9 Å². The van der Waals surface area contributed by atoms with Gasteiger partial charge in [0.2, 0.25) is 0 Å². The van der Waals surface area contributed by atoms with Gasteiger partial charge in [-0.3, -0.25) is 0 Å². The van der Waals surface area contributed by atoms with E-state index in [2.05, 4.69) is 11.9 Å². The number of carbonyl (C=O) groups is 1. The third kappa shape index (κ3) is 4.43. The second-order valence-electron chi connectivity index (χ2n) is 4.87. The van der Waals surface area contributed by atoms with Crippen molar-refractivity contribution in [3.63, 3.8) is 0 Å². The van der Waals surface area contributed by atoms with Crippen LogP contribution in [0.3, 0.4) is 0 Å². The van der Waals surface area contributed by atoms with Gasteiger partial charge in [-0.15, -0.1) is 6.58 Å². The summed E-state index contributed by atoms with van der Waals surface area (Å²) in [6.07, 6.45) is 3.23. The molecule has 1 rings (SSSR count). The first-order chi connectivity index (χ1) is 9.01. The first kappa shape index (κ1) is 15.3. The molecular weight excluding hydrogens is 238 g/mol. The largest absolute Gasteiger partial charge is 0.464 e. The van der Waals surface area contributed by atoms with E-state index in [0.717, 1.165) is 17.7 Å². The van der Waals surface area contributed by atoms with Crippen LogP contribution in [0.1, 0.15) is 32.3 Å². The van der Waals surface area contributed by atoms with E-state index in [4.69, 9.17) is 4.74 Å². The molecule has 0 saturated carbocycles. The highest BCUT2D eigenvalue weighted by atomic mass is 16.5. The fraction of sp³-hybridized carbons (Fsp3) is 0.438. The predicted molar refractivity (Wildman–Crippen MR) is 79.3 cm³/mol. The van der Waals surface area contributed by atoms with Gasteiger partial charge in [0.15, 0.2) is 0 Å². The molecule has 1 aromatic carbocycles. The van der Waals surface area contributed by atoms with Crippen molar-refractivity contribution in [3.05, 3.63) is 42.5 Å². The summed E-state index contributed by atoms with van der Waals surface area (Å²) in [5.41, 5.74) is 1.36. The SMILES string of the molecule is C=CCCC(C)(Nc1cccc(C)c1)C(=O)OCC. The molecule has 19 heavy (non-hydrogen) atoms. The highest BCUT2D eigenvalue weighted by molar-refractivity contribution is 5.84. The number of anilines is 1. The van der Waals surface area contributed by atoms with Crippen LogP contribution in [0.25, 0.3) is 0 Å². The molecule has 1 unspecified atom stereocenters. The van der Waals surface area contributed by atoms with Crippen LogP contribution < -0.4 is 5.32 Å². The summed E-state index contributed by atoms with van der Waals surface area (Å²) >= 11 is 0. The van der Waals surface area contributed by atoms with Crippen LogP contribution in [0.2, 0.25) is 0 Å². The Balaban J connectivity index is 2.90. The number of benzene rings is 1. The van der Waals surface area contributed by atoms with Gasteiger partial charge in [0.25, 0.3) is 0 Å². The van der Waals surface area contributed by atoms with Crippen LogP contribution in [0, 0.1) is 6.92 Å². The van der Waals surface area contributed by atoms with Crippen molar-refractivity contribution in [1.82, 2.24) is 0 Å². The summed E-state index contributed by atoms with van der Waals surface area (Å²) in [5, 5.41) is 3.29. The summed E-state index contributed by atoms with van der Waals surface area (Å²) < 4.78 is 5.17. The van der Waals surface area contributed by atoms with Crippen molar-refractivity contribution in [3.8, 4) is 0 Å². The predicted octanol–water partition coefficient (Wildman–Crippen LogP) is 3.69. The van der Waals surface area contributed by atoms with Crippen molar-refractivity contribution in [1.29, 1.82) is 0 Å². The molecule has 0 spiro atoms. The van der Waals surface area contributed by atoms with Gasteiger partial charge in [0, 0.05) is 5.69 Å². The Labute approximate surface area is 115 Å². The topological polar surface area (TPSA) is 38.3 Å². The van der Waals surface area contributed by atoms with E-state index in [1.54, 1.807) is 0 Å². The van der Waals surface area contributed by atoms with Gasteiger partial charge in [-0.1, -0.05) is 18.2 Å². The Hall–Kier alpha value is -1.77. The van der Waals surface area contributed by atoms with Crippen molar-refractivity contribution < 1.29 is 9.53 Å². The molecule has 0 aliphatic carbocycles. The zero-order valence-corrected chi connectivity index (χ0v) is 12.0. The maximum Gasteiger partial charge on any atom is 0.331 e. The molecular formula is C16H23NO2. The summed E-state index contributed by atoms with van der Waals surface area (Å²) in [5.74, 6) is -0.224. The number of esters is 1. The monoisotopic (exact) mass is 261 g/mol. The maximum absolute atomic E-state index is 12.1. The quantitative estimate of drug-likeness (QED) is 0.601. The van der Waals surface area contributed by atoms with Crippen LogP contribution in [-0.2, 0) is 9.53 Å². The van der Waals surface area contributed by atoms with Crippen molar-refractivity contribution in [2.75, 3.05) is 11.9 Å². The minimum absolute atomic E-state index is 0.224. The van der Waals surface area contributed by atoms with Gasteiger partial charge >= 0.3 is 5.97 Å². The highest BCUT2D eigenvalue weighted by Gasteiger charge is 2.33. The van der Waals surface area contributed by atoms with E-state index in [0.29, 0.717) is 13.0 Å². The lowest BCUT2D eigenvalue weighted by Gasteiger charge is -2.29. The molecule has 0 heterocycles. The van der Waals surface area contributed by atoms with E-state index < -0.39 is 5.54 Å². The number of ether oxygens (including phenoxy) is 1. The lowest BCUT2D eigenvalue weighted by atomic mass is 9.95. The van der Waals surface area contributed by atoms with Gasteiger partial charge in [-0.25, -0.2) is 4.79 Å². The van der Waals surface area contributed by atoms with Gasteiger partial charge in [-0.05, 0) is 51.3 Å². The van der Waals surface area contributed by atoms with Crippen molar-refractivity contribution >= 4 is 11.7 Å². The van der Waals surface area contributed by atoms with Gasteiger partial charge in [0.05, 0.1) is 6.61 Å². The third-order valence-corrected chi connectivity index (χ3v) is 3.01. The Morgan fingerprint density at radius 2 is 2.26 bits per heavy atom. The molecule has 3 heteroatoms. The molecule has 0 fully saturated rings. The second kappa shape index (κ2) is 6.98. The molecule has 0 radical (unpaired) electrons. The fourth-order valence-electron chi connectivity index (χ4n) is 1.94. The molecule has 1 aromatic rings. The third-order valence-electron chi connectivity index (χ3n) is 3.01. The minimum Gasteiger partial charge on any atom is -0.464 e. The van der Waals surface area contributed by atoms with E-state index >= 15 is 0 Å². The number of aryl methyl sites for hydroxylation is 1. The summed E-state index contributed by atoms with van der Waals surface area (Å²) in [6, 6.07) is 7.97. The number of allylic oxidation sites excluding steroid dienone is 1. The van der Waals surface area contributed by atoms with E-state index in [1.165, 1.54) is 0 Å². The average molecular weight is 261 g/mol. The average Bonchev–Trinajstić information content (AvgIpc) is 2.36. The normalized spacial score (nSPS) is 13.4. The van der Waals surface area contributed by atoms with E-state index in [9.17, 15) is 4.79 Å². The van der Waals surface area contributed by atoms with E-state index in [1.807, 2.05) is 51.1 Å². The summed E-state index contributed by atoms with van der Waals surface area (Å²) in [4.78, 5) is 12.1. The van der Waals surface area contributed by atoms with Crippen molar-refractivity contribution in [2.24, 2.45) is 0 Å². The number of carbonyl (C=O) groups excluding carboxylic acids is 1. The van der Waals surface area contributed by atoms with Crippen LogP contribution in [-0.4, -0.2) is 18.1 Å². The highest BCUT2D eigenvalue weighted by Crippen LogP contribution is 2.22. The number of hydrogen-bond donors (Lipinski definition) is 1. The molecule has 0 aliphatic heterocycles. The molecule has 0 saturated heterocycles. The Kier molecular flexibility index (Phi) is 5.61. The molecule has 104 valence electrons. The zero-order chi connectivity index (χ0) is 14.3. The molecule has 1 atom stereocenters. The van der Waals surface area contributed by atoms with Gasteiger partial charge < -0.3 is 10.1 Å². The number of hydrogen-bond acceptors (Lipinski definition) is 3. The smallest absolute Gasteiger partial charge is 0.331 e. The molecule has 0 aromatic heterocycles.